The van der Waals surface area contributed by atoms with E-state index in [1.807, 2.05) is 7.05 Å². The van der Waals surface area contributed by atoms with Gasteiger partial charge < -0.3 is 19.9 Å². The van der Waals surface area contributed by atoms with Gasteiger partial charge in [-0.3, -0.25) is 0 Å². The summed E-state index contributed by atoms with van der Waals surface area (Å²) in [7, 11) is 1.83. The fourth-order valence-corrected chi connectivity index (χ4v) is 2.91. The van der Waals surface area contributed by atoms with E-state index in [0.29, 0.717) is 24.6 Å². The van der Waals surface area contributed by atoms with E-state index in [0.717, 1.165) is 5.82 Å². The number of rotatable bonds is 4. The molecule has 0 aromatic carbocycles. The monoisotopic (exact) mass is 285 g/mol. The zero-order valence-electron chi connectivity index (χ0n) is 10.4. The van der Waals surface area contributed by atoms with Gasteiger partial charge in [0, 0.05) is 25.8 Å². The topological polar surface area (TPSA) is 100 Å². The van der Waals surface area contributed by atoms with Crippen molar-refractivity contribution in [3.63, 3.8) is 0 Å². The summed E-state index contributed by atoms with van der Waals surface area (Å²) >= 11 is 1.44. The third-order valence-electron chi connectivity index (χ3n) is 2.86. The summed E-state index contributed by atoms with van der Waals surface area (Å²) in [5.74, 6) is 0.651. The number of amides is 2. The fraction of sp³-hybridized carbons (Fsp3) is 0.600. The Balaban J connectivity index is 1.81. The first kappa shape index (κ1) is 13.7. The zero-order valence-corrected chi connectivity index (χ0v) is 11.3. The van der Waals surface area contributed by atoms with Crippen molar-refractivity contribution in [1.29, 1.82) is 0 Å². The molecule has 1 aromatic heterocycles. The number of nitrogens with zero attached hydrogens (tertiary/aromatic N) is 4. The van der Waals surface area contributed by atoms with Crippen molar-refractivity contribution in [1.82, 2.24) is 25.0 Å². The standard InChI is InChI=1S/C10H15N5O3S/c1-14-5-12-13-8(14)2-3-11-10(18)15-6-19-4-7(15)9(16)17/h5,7H,2-4,6H2,1H3,(H,11,18)(H,16,17). The molecular weight excluding hydrogens is 270 g/mol. The molecule has 1 saturated heterocycles. The van der Waals surface area contributed by atoms with E-state index in [4.69, 9.17) is 5.11 Å². The van der Waals surface area contributed by atoms with Crippen LogP contribution in [0.25, 0.3) is 0 Å². The van der Waals surface area contributed by atoms with Crippen LogP contribution in [-0.4, -0.2) is 61.0 Å². The van der Waals surface area contributed by atoms with Gasteiger partial charge in [-0.25, -0.2) is 9.59 Å². The highest BCUT2D eigenvalue weighted by Gasteiger charge is 2.34. The SMILES string of the molecule is Cn1cnnc1CCNC(=O)N1CSCC1C(=O)O. The summed E-state index contributed by atoms with van der Waals surface area (Å²) in [6.45, 7) is 0.402. The number of aromatic nitrogens is 3. The lowest BCUT2D eigenvalue weighted by Gasteiger charge is -2.20. The van der Waals surface area contributed by atoms with Crippen molar-refractivity contribution in [2.75, 3.05) is 18.2 Å². The van der Waals surface area contributed by atoms with E-state index in [1.54, 1.807) is 10.9 Å². The van der Waals surface area contributed by atoms with Crippen LogP contribution in [-0.2, 0) is 18.3 Å². The molecular formula is C10H15N5O3S. The maximum absolute atomic E-state index is 11.9. The molecule has 1 aromatic rings. The summed E-state index contributed by atoms with van der Waals surface area (Å²) in [5, 5.41) is 19.3. The molecule has 9 heteroatoms. The molecule has 1 atom stereocenters. The number of carbonyl (C=O) groups is 2. The highest BCUT2D eigenvalue weighted by molar-refractivity contribution is 7.99. The Morgan fingerprint density at radius 3 is 3.05 bits per heavy atom. The molecule has 2 rings (SSSR count). The highest BCUT2D eigenvalue weighted by Crippen LogP contribution is 2.20. The van der Waals surface area contributed by atoms with Crippen molar-refractivity contribution < 1.29 is 14.7 Å². The van der Waals surface area contributed by atoms with Crippen molar-refractivity contribution in [3.8, 4) is 0 Å². The average Bonchev–Trinajstić information content (AvgIpc) is 2.98. The van der Waals surface area contributed by atoms with E-state index in [-0.39, 0.29) is 6.03 Å². The summed E-state index contributed by atoms with van der Waals surface area (Å²) in [5.41, 5.74) is 0. The van der Waals surface area contributed by atoms with Gasteiger partial charge in [-0.1, -0.05) is 0 Å². The Morgan fingerprint density at radius 1 is 1.63 bits per heavy atom. The summed E-state index contributed by atoms with van der Waals surface area (Å²) < 4.78 is 1.78. The van der Waals surface area contributed by atoms with Gasteiger partial charge in [0.05, 0.1) is 5.88 Å². The van der Waals surface area contributed by atoms with Crippen LogP contribution in [0.15, 0.2) is 6.33 Å². The number of hydrogen-bond acceptors (Lipinski definition) is 5. The number of carboxylic acids is 1. The smallest absolute Gasteiger partial charge is 0.327 e. The molecule has 0 saturated carbocycles. The Labute approximate surface area is 114 Å². The van der Waals surface area contributed by atoms with Crippen LogP contribution in [0.4, 0.5) is 4.79 Å². The number of aliphatic carboxylic acids is 1. The fourth-order valence-electron chi connectivity index (χ4n) is 1.76. The predicted molar refractivity (Wildman–Crippen MR) is 68.7 cm³/mol. The van der Waals surface area contributed by atoms with Crippen molar-refractivity contribution in [2.45, 2.75) is 12.5 Å². The summed E-state index contributed by atoms with van der Waals surface area (Å²) in [4.78, 5) is 24.2. The lowest BCUT2D eigenvalue weighted by Crippen LogP contribution is -2.47. The van der Waals surface area contributed by atoms with Gasteiger partial charge in [-0.2, -0.15) is 0 Å². The summed E-state index contributed by atoms with van der Waals surface area (Å²) in [6.07, 6.45) is 2.15. The second-order valence-electron chi connectivity index (χ2n) is 4.16. The minimum atomic E-state index is -0.964. The average molecular weight is 285 g/mol. The van der Waals surface area contributed by atoms with Crippen LogP contribution in [0, 0.1) is 0 Å². The number of thioether (sulfide) groups is 1. The van der Waals surface area contributed by atoms with E-state index in [9.17, 15) is 9.59 Å². The lowest BCUT2D eigenvalue weighted by molar-refractivity contribution is -0.140. The van der Waals surface area contributed by atoms with E-state index >= 15 is 0 Å². The molecule has 2 amide bonds. The second-order valence-corrected chi connectivity index (χ2v) is 5.16. The Kier molecular flexibility index (Phi) is 4.25. The minimum absolute atomic E-state index is 0.348. The maximum Gasteiger partial charge on any atom is 0.327 e. The molecule has 0 radical (unpaired) electrons. The van der Waals surface area contributed by atoms with Gasteiger partial charge in [0.25, 0.3) is 0 Å². The predicted octanol–water partition coefficient (Wildman–Crippen LogP) is -0.473. The lowest BCUT2D eigenvalue weighted by atomic mass is 10.3. The molecule has 1 aliphatic heterocycles. The van der Waals surface area contributed by atoms with Gasteiger partial charge in [-0.15, -0.1) is 22.0 Å². The first-order valence-corrected chi connectivity index (χ1v) is 6.93. The number of carbonyl (C=O) groups excluding carboxylic acids is 1. The number of urea groups is 1. The third-order valence-corrected chi connectivity index (χ3v) is 3.87. The molecule has 1 aliphatic rings. The van der Waals surface area contributed by atoms with Gasteiger partial charge in [0.2, 0.25) is 0 Å². The number of hydrogen-bond donors (Lipinski definition) is 2. The Morgan fingerprint density at radius 2 is 2.42 bits per heavy atom. The maximum atomic E-state index is 11.9. The number of aryl methyl sites for hydroxylation is 1. The first-order chi connectivity index (χ1) is 9.09. The molecule has 8 nitrogen and oxygen atoms in total. The van der Waals surface area contributed by atoms with Gasteiger partial charge >= 0.3 is 12.0 Å². The van der Waals surface area contributed by atoms with Crippen LogP contribution >= 0.6 is 11.8 Å². The normalized spacial score (nSPS) is 18.6. The molecule has 0 aliphatic carbocycles. The molecule has 0 spiro atoms. The van der Waals surface area contributed by atoms with Gasteiger partial charge in [-0.05, 0) is 0 Å². The van der Waals surface area contributed by atoms with Crippen LogP contribution in [0.5, 0.6) is 0 Å². The van der Waals surface area contributed by atoms with E-state index in [1.165, 1.54) is 16.7 Å². The molecule has 104 valence electrons. The van der Waals surface area contributed by atoms with Crippen LogP contribution in [0.1, 0.15) is 5.82 Å². The third kappa shape index (κ3) is 3.16. The van der Waals surface area contributed by atoms with Crippen molar-refractivity contribution in [3.05, 3.63) is 12.2 Å². The molecule has 1 fully saturated rings. The quantitative estimate of drug-likeness (QED) is 0.775. The number of carboxylic acid groups (broad SMARTS) is 1. The van der Waals surface area contributed by atoms with Crippen LogP contribution in [0.2, 0.25) is 0 Å². The first-order valence-electron chi connectivity index (χ1n) is 5.77. The van der Waals surface area contributed by atoms with Crippen molar-refractivity contribution >= 4 is 23.8 Å². The Hall–Kier alpha value is -1.77. The second kappa shape index (κ2) is 5.91. The molecule has 1 unspecified atom stereocenters. The Bertz CT molecular complexity index is 477. The summed E-state index contributed by atoms with van der Waals surface area (Å²) in [6, 6.07) is -1.08. The van der Waals surface area contributed by atoms with Crippen LogP contribution < -0.4 is 5.32 Å². The van der Waals surface area contributed by atoms with Crippen LogP contribution in [0.3, 0.4) is 0 Å². The van der Waals surface area contributed by atoms with E-state index < -0.39 is 12.0 Å². The molecule has 19 heavy (non-hydrogen) atoms. The molecule has 2 heterocycles. The van der Waals surface area contributed by atoms with Crippen molar-refractivity contribution in [2.24, 2.45) is 7.05 Å². The van der Waals surface area contributed by atoms with E-state index in [2.05, 4.69) is 15.5 Å². The molecule has 2 N–H and O–H groups in total. The zero-order chi connectivity index (χ0) is 13.8. The largest absolute Gasteiger partial charge is 0.480 e. The van der Waals surface area contributed by atoms with Gasteiger partial charge in [0.1, 0.15) is 18.2 Å². The highest BCUT2D eigenvalue weighted by atomic mass is 32.2. The minimum Gasteiger partial charge on any atom is -0.480 e. The number of nitrogens with one attached hydrogen (secondary N) is 1. The van der Waals surface area contributed by atoms with Gasteiger partial charge in [0.15, 0.2) is 0 Å². The molecule has 0 bridgehead atoms.